The Bertz CT molecular complexity index is 676. The molecule has 0 saturated heterocycles. The molecule has 1 heterocycles. The smallest absolute Gasteiger partial charge is 0.277 e. The summed E-state index contributed by atoms with van der Waals surface area (Å²) < 4.78 is 32.2. The number of benzene rings is 1. The van der Waals surface area contributed by atoms with Crippen molar-refractivity contribution in [2.45, 2.75) is 12.8 Å². The van der Waals surface area contributed by atoms with Crippen LogP contribution in [0.25, 0.3) is 10.1 Å². The third-order valence-corrected chi connectivity index (χ3v) is 4.43. The molecule has 2 rings (SSSR count). The molecule has 0 saturated carbocycles. The number of hydrogen-bond donors (Lipinski definition) is 2. The van der Waals surface area contributed by atoms with Crippen LogP contribution >= 0.6 is 23.7 Å². The van der Waals surface area contributed by atoms with Crippen molar-refractivity contribution in [2.24, 2.45) is 5.73 Å². The lowest BCUT2D eigenvalue weighted by molar-refractivity contribution is 0.0119. The van der Waals surface area contributed by atoms with Crippen molar-refractivity contribution in [3.05, 3.63) is 28.6 Å². The Balaban J connectivity index is 0.00000242. The van der Waals surface area contributed by atoms with Crippen molar-refractivity contribution in [1.29, 1.82) is 0 Å². The molecular weight excluding hydrogens is 334 g/mol. The van der Waals surface area contributed by atoms with Crippen molar-refractivity contribution < 1.29 is 18.3 Å². The van der Waals surface area contributed by atoms with E-state index in [-0.39, 0.29) is 12.4 Å². The van der Waals surface area contributed by atoms with Crippen LogP contribution in [0.4, 0.5) is 8.78 Å². The summed E-state index contributed by atoms with van der Waals surface area (Å²) in [7, 11) is 1.56. The van der Waals surface area contributed by atoms with Crippen molar-refractivity contribution in [3.63, 3.8) is 0 Å². The Morgan fingerprint density at radius 2 is 2.14 bits per heavy atom. The molecule has 0 unspecified atom stereocenters. The fourth-order valence-electron chi connectivity index (χ4n) is 1.91. The number of hydrogen-bond acceptors (Lipinski definition) is 4. The van der Waals surface area contributed by atoms with Crippen molar-refractivity contribution >= 4 is 39.7 Å². The number of nitrogens with one attached hydrogen (secondary N) is 1. The van der Waals surface area contributed by atoms with Gasteiger partial charge in [-0.25, -0.2) is 8.78 Å². The Kier molecular flexibility index (Phi) is 6.10. The highest BCUT2D eigenvalue weighted by Gasteiger charge is 2.28. The topological polar surface area (TPSA) is 64.3 Å². The Labute approximate surface area is 137 Å². The third-order valence-electron chi connectivity index (χ3n) is 3.16. The van der Waals surface area contributed by atoms with Crippen molar-refractivity contribution in [2.75, 3.05) is 20.2 Å². The molecule has 122 valence electrons. The monoisotopic (exact) mass is 350 g/mol. The molecule has 0 fully saturated rings. The molecular formula is C14H17ClF2N2O2S. The van der Waals surface area contributed by atoms with E-state index < -0.39 is 24.9 Å². The first-order chi connectivity index (χ1) is 9.88. The van der Waals surface area contributed by atoms with E-state index in [1.807, 2.05) is 12.1 Å². The summed E-state index contributed by atoms with van der Waals surface area (Å²) in [5, 5.41) is 3.12. The minimum Gasteiger partial charge on any atom is -0.497 e. The highest BCUT2D eigenvalue weighted by atomic mass is 35.5. The molecule has 2 aromatic rings. The third kappa shape index (κ3) is 3.85. The van der Waals surface area contributed by atoms with E-state index in [0.717, 1.165) is 15.6 Å². The molecule has 0 aliphatic heterocycles. The van der Waals surface area contributed by atoms with E-state index in [0.29, 0.717) is 10.6 Å². The summed E-state index contributed by atoms with van der Waals surface area (Å²) in [6.45, 7) is 0.226. The van der Waals surface area contributed by atoms with Gasteiger partial charge in [-0.2, -0.15) is 0 Å². The fraction of sp³-hybridized carbons (Fsp3) is 0.357. The second kappa shape index (κ2) is 7.21. The summed E-state index contributed by atoms with van der Waals surface area (Å²) in [5.74, 6) is -2.92. The molecule has 1 aromatic heterocycles. The largest absolute Gasteiger partial charge is 0.497 e. The quantitative estimate of drug-likeness (QED) is 0.871. The van der Waals surface area contributed by atoms with Crippen LogP contribution in [0.2, 0.25) is 0 Å². The van der Waals surface area contributed by atoms with Gasteiger partial charge in [0.2, 0.25) is 0 Å². The maximum Gasteiger partial charge on any atom is 0.277 e. The van der Waals surface area contributed by atoms with E-state index in [1.54, 1.807) is 20.1 Å². The van der Waals surface area contributed by atoms with Crippen LogP contribution in [0.5, 0.6) is 5.75 Å². The SMILES string of the molecule is COc1ccc2sc(C(=O)NCC(F)(F)CN)c(C)c2c1.Cl. The number of fused-ring (bicyclic) bond motifs is 1. The van der Waals surface area contributed by atoms with E-state index >= 15 is 0 Å². The van der Waals surface area contributed by atoms with Gasteiger partial charge in [0.15, 0.2) is 0 Å². The second-order valence-electron chi connectivity index (χ2n) is 4.66. The molecule has 3 N–H and O–H groups in total. The number of carbonyl (C=O) groups excluding carboxylic acids is 1. The van der Waals surface area contributed by atoms with E-state index in [1.165, 1.54) is 11.3 Å². The first kappa shape index (κ1) is 18.6. The van der Waals surface area contributed by atoms with E-state index in [9.17, 15) is 13.6 Å². The standard InChI is InChI=1S/C14H16F2N2O2S.ClH/c1-8-10-5-9(20-2)3-4-11(10)21-12(8)13(19)18-7-14(15,16)6-17;/h3-5H,6-7,17H2,1-2H3,(H,18,19);1H. The molecule has 0 spiro atoms. The zero-order valence-corrected chi connectivity index (χ0v) is 13.7. The highest BCUT2D eigenvalue weighted by molar-refractivity contribution is 7.21. The zero-order chi connectivity index (χ0) is 15.6. The minimum atomic E-state index is -3.09. The van der Waals surface area contributed by atoms with Gasteiger partial charge in [-0.3, -0.25) is 4.79 Å². The van der Waals surface area contributed by atoms with Crippen molar-refractivity contribution in [3.8, 4) is 5.75 Å². The molecule has 0 aliphatic rings. The van der Waals surface area contributed by atoms with Crippen LogP contribution in [0.15, 0.2) is 18.2 Å². The van der Waals surface area contributed by atoms with Crippen molar-refractivity contribution in [1.82, 2.24) is 5.32 Å². The minimum absolute atomic E-state index is 0. The van der Waals surface area contributed by atoms with Gasteiger partial charge in [0, 0.05) is 4.70 Å². The predicted molar refractivity (Wildman–Crippen MR) is 86.7 cm³/mol. The number of amides is 1. The number of nitrogens with two attached hydrogens (primary N) is 1. The fourth-order valence-corrected chi connectivity index (χ4v) is 3.01. The van der Waals surface area contributed by atoms with E-state index in [2.05, 4.69) is 5.32 Å². The summed E-state index contributed by atoms with van der Waals surface area (Å²) in [6, 6.07) is 5.46. The van der Waals surface area contributed by atoms with Crippen LogP contribution in [0.1, 0.15) is 15.2 Å². The highest BCUT2D eigenvalue weighted by Crippen LogP contribution is 2.33. The van der Waals surface area contributed by atoms with E-state index in [4.69, 9.17) is 10.5 Å². The number of ether oxygens (including phenoxy) is 1. The molecule has 8 heteroatoms. The summed E-state index contributed by atoms with van der Waals surface area (Å²) in [6.07, 6.45) is 0. The normalized spacial score (nSPS) is 11.1. The Morgan fingerprint density at radius 1 is 1.45 bits per heavy atom. The van der Waals surface area contributed by atoms with Crippen LogP contribution in [-0.2, 0) is 0 Å². The van der Waals surface area contributed by atoms with Crippen LogP contribution in [-0.4, -0.2) is 32.0 Å². The summed E-state index contributed by atoms with van der Waals surface area (Å²) in [4.78, 5) is 12.5. The number of rotatable bonds is 5. The number of thiophene rings is 1. The Morgan fingerprint density at radius 3 is 2.73 bits per heavy atom. The Hall–Kier alpha value is -1.44. The molecule has 0 radical (unpaired) electrons. The number of methoxy groups -OCH3 is 1. The number of halogens is 3. The first-order valence-electron chi connectivity index (χ1n) is 6.31. The molecule has 0 atom stereocenters. The lowest BCUT2D eigenvalue weighted by Crippen LogP contribution is -2.41. The average molecular weight is 351 g/mol. The predicted octanol–water partition coefficient (Wildman–Crippen LogP) is 2.96. The number of alkyl halides is 2. The summed E-state index contributed by atoms with van der Waals surface area (Å²) in [5.41, 5.74) is 5.69. The molecule has 1 aromatic carbocycles. The lowest BCUT2D eigenvalue weighted by atomic mass is 10.1. The molecule has 1 amide bonds. The van der Waals surface area contributed by atoms with Crippen LogP contribution in [0.3, 0.4) is 0 Å². The summed E-state index contributed by atoms with van der Waals surface area (Å²) >= 11 is 1.27. The van der Waals surface area contributed by atoms with Crippen LogP contribution < -0.4 is 15.8 Å². The number of aryl methyl sites for hydroxylation is 1. The maximum absolute atomic E-state index is 13.1. The number of carbonyl (C=O) groups is 1. The average Bonchev–Trinajstić information content (AvgIpc) is 2.81. The van der Waals surface area contributed by atoms with Gasteiger partial charge in [0.1, 0.15) is 5.75 Å². The second-order valence-corrected chi connectivity index (χ2v) is 5.71. The maximum atomic E-state index is 13.1. The van der Waals surface area contributed by atoms with Gasteiger partial charge in [0.05, 0.1) is 25.1 Å². The van der Waals surface area contributed by atoms with Gasteiger partial charge in [-0.1, -0.05) is 0 Å². The van der Waals surface area contributed by atoms with Gasteiger partial charge >= 0.3 is 0 Å². The van der Waals surface area contributed by atoms with Crippen LogP contribution in [0, 0.1) is 6.92 Å². The van der Waals surface area contributed by atoms with Gasteiger partial charge < -0.3 is 15.8 Å². The van der Waals surface area contributed by atoms with Gasteiger partial charge in [-0.05, 0) is 36.1 Å². The molecule has 22 heavy (non-hydrogen) atoms. The molecule has 0 aliphatic carbocycles. The first-order valence-corrected chi connectivity index (χ1v) is 7.13. The van der Waals surface area contributed by atoms with Gasteiger partial charge in [-0.15, -0.1) is 23.7 Å². The lowest BCUT2D eigenvalue weighted by Gasteiger charge is -2.14. The molecule has 4 nitrogen and oxygen atoms in total. The molecule has 0 bridgehead atoms. The van der Waals surface area contributed by atoms with Gasteiger partial charge in [0.25, 0.3) is 11.8 Å². The zero-order valence-electron chi connectivity index (χ0n) is 12.1.